The largest absolute Gasteiger partial charge is 0.394 e. The summed E-state index contributed by atoms with van der Waals surface area (Å²) in [6, 6.07) is 0. The summed E-state index contributed by atoms with van der Waals surface area (Å²) in [6.07, 6.45) is -7.76. The van der Waals surface area contributed by atoms with Gasteiger partial charge in [0.05, 0.1) is 13.2 Å². The van der Waals surface area contributed by atoms with E-state index in [1.54, 1.807) is 0 Å². The van der Waals surface area contributed by atoms with E-state index in [9.17, 15) is 19.8 Å². The normalized spacial score (nSPS) is 17.9. The molecule has 0 aliphatic rings. The summed E-state index contributed by atoms with van der Waals surface area (Å²) in [7, 11) is 0. The SMILES string of the molecule is O=C(CCC(=O)C(O)C(O)CO)C(O)C(O)CO. The lowest BCUT2D eigenvalue weighted by molar-refractivity contribution is -0.140. The molecule has 0 aromatic heterocycles. The molecule has 0 saturated heterocycles. The Labute approximate surface area is 103 Å². The highest BCUT2D eigenvalue weighted by molar-refractivity contribution is 5.90. The molecule has 8 heteroatoms. The molecule has 4 unspecified atom stereocenters. The zero-order valence-electron chi connectivity index (χ0n) is 9.64. The van der Waals surface area contributed by atoms with Gasteiger partial charge in [-0.3, -0.25) is 9.59 Å². The second-order valence-electron chi connectivity index (χ2n) is 3.82. The number of ketones is 2. The number of carbonyl (C=O) groups is 2. The smallest absolute Gasteiger partial charge is 0.164 e. The van der Waals surface area contributed by atoms with E-state index in [0.717, 1.165) is 0 Å². The van der Waals surface area contributed by atoms with Crippen LogP contribution in [-0.2, 0) is 9.59 Å². The molecule has 6 N–H and O–H groups in total. The van der Waals surface area contributed by atoms with Crippen molar-refractivity contribution in [2.24, 2.45) is 0 Å². The van der Waals surface area contributed by atoms with Crippen molar-refractivity contribution >= 4 is 11.6 Å². The lowest BCUT2D eigenvalue weighted by atomic mass is 10.0. The van der Waals surface area contributed by atoms with Gasteiger partial charge in [0.25, 0.3) is 0 Å². The fourth-order valence-corrected chi connectivity index (χ4v) is 1.17. The summed E-state index contributed by atoms with van der Waals surface area (Å²) in [4.78, 5) is 22.5. The van der Waals surface area contributed by atoms with E-state index < -0.39 is 62.0 Å². The van der Waals surface area contributed by atoms with Crippen LogP contribution in [0.3, 0.4) is 0 Å². The molecule has 0 spiro atoms. The predicted octanol–water partition coefficient (Wildman–Crippen LogP) is -3.67. The average molecular weight is 266 g/mol. The quantitative estimate of drug-likeness (QED) is 0.249. The first kappa shape index (κ1) is 17.1. The Morgan fingerprint density at radius 3 is 1.22 bits per heavy atom. The maximum Gasteiger partial charge on any atom is 0.164 e. The minimum absolute atomic E-state index is 0.452. The van der Waals surface area contributed by atoms with Crippen LogP contribution < -0.4 is 0 Å². The first-order valence-electron chi connectivity index (χ1n) is 5.34. The van der Waals surface area contributed by atoms with Gasteiger partial charge in [-0.25, -0.2) is 0 Å². The molecule has 0 saturated carbocycles. The topological polar surface area (TPSA) is 156 Å². The van der Waals surface area contributed by atoms with E-state index in [1.165, 1.54) is 0 Å². The van der Waals surface area contributed by atoms with Crippen LogP contribution in [0.1, 0.15) is 12.8 Å². The highest BCUT2D eigenvalue weighted by atomic mass is 16.4. The summed E-state index contributed by atoms with van der Waals surface area (Å²) < 4.78 is 0. The standard InChI is InChI=1S/C10H18O8/c11-3-7(15)9(17)5(13)1-2-6(14)10(18)8(16)4-12/h7-12,15-18H,1-4H2. The van der Waals surface area contributed by atoms with Crippen LogP contribution in [-0.4, -0.2) is 79.8 Å². The molecule has 0 heterocycles. The molecule has 0 aromatic carbocycles. The van der Waals surface area contributed by atoms with Gasteiger partial charge < -0.3 is 30.6 Å². The lowest BCUT2D eigenvalue weighted by Crippen LogP contribution is -2.39. The second-order valence-corrected chi connectivity index (χ2v) is 3.82. The monoisotopic (exact) mass is 266 g/mol. The van der Waals surface area contributed by atoms with Gasteiger partial charge in [-0.15, -0.1) is 0 Å². The van der Waals surface area contributed by atoms with E-state index in [0.29, 0.717) is 0 Å². The van der Waals surface area contributed by atoms with Crippen LogP contribution in [0.15, 0.2) is 0 Å². The van der Waals surface area contributed by atoms with Crippen molar-refractivity contribution in [2.45, 2.75) is 37.3 Å². The van der Waals surface area contributed by atoms with Crippen molar-refractivity contribution in [1.29, 1.82) is 0 Å². The highest BCUT2D eigenvalue weighted by Crippen LogP contribution is 2.05. The van der Waals surface area contributed by atoms with Crippen molar-refractivity contribution in [1.82, 2.24) is 0 Å². The third-order valence-corrected chi connectivity index (χ3v) is 2.38. The van der Waals surface area contributed by atoms with Gasteiger partial charge >= 0.3 is 0 Å². The van der Waals surface area contributed by atoms with Gasteiger partial charge in [0, 0.05) is 12.8 Å². The first-order valence-corrected chi connectivity index (χ1v) is 5.34. The van der Waals surface area contributed by atoms with E-state index in [1.807, 2.05) is 0 Å². The van der Waals surface area contributed by atoms with Crippen LogP contribution in [0.4, 0.5) is 0 Å². The number of carbonyl (C=O) groups excluding carboxylic acids is 2. The summed E-state index contributed by atoms with van der Waals surface area (Å²) >= 11 is 0. The molecule has 106 valence electrons. The second kappa shape index (κ2) is 8.25. The summed E-state index contributed by atoms with van der Waals surface area (Å²) in [6.45, 7) is -1.60. The maximum atomic E-state index is 11.2. The van der Waals surface area contributed by atoms with Gasteiger partial charge in [0.2, 0.25) is 0 Å². The van der Waals surface area contributed by atoms with Gasteiger partial charge in [-0.2, -0.15) is 0 Å². The average Bonchev–Trinajstić information content (AvgIpc) is 2.40. The summed E-state index contributed by atoms with van der Waals surface area (Å²) in [5.74, 6) is -1.73. The van der Waals surface area contributed by atoms with Gasteiger partial charge in [0.15, 0.2) is 11.6 Å². The Hall–Kier alpha value is -0.900. The Bertz CT molecular complexity index is 251. The molecule has 0 aliphatic heterocycles. The zero-order valence-corrected chi connectivity index (χ0v) is 9.64. The molecule has 0 radical (unpaired) electrons. The van der Waals surface area contributed by atoms with Crippen LogP contribution in [0, 0.1) is 0 Å². The number of aliphatic hydroxyl groups excluding tert-OH is 6. The van der Waals surface area contributed by atoms with Crippen molar-refractivity contribution in [3.8, 4) is 0 Å². The number of hydrogen-bond donors (Lipinski definition) is 6. The number of rotatable bonds is 9. The predicted molar refractivity (Wildman–Crippen MR) is 57.4 cm³/mol. The zero-order chi connectivity index (χ0) is 14.3. The molecule has 4 atom stereocenters. The molecular formula is C10H18O8. The van der Waals surface area contributed by atoms with Crippen LogP contribution in [0.2, 0.25) is 0 Å². The molecule has 18 heavy (non-hydrogen) atoms. The molecule has 0 aromatic rings. The number of Topliss-reactive ketones (excluding diaryl/α,β-unsaturated/α-hetero) is 2. The molecule has 0 aliphatic carbocycles. The molecule has 0 fully saturated rings. The lowest BCUT2D eigenvalue weighted by Gasteiger charge is -2.16. The van der Waals surface area contributed by atoms with Crippen LogP contribution in [0.25, 0.3) is 0 Å². The van der Waals surface area contributed by atoms with Crippen molar-refractivity contribution in [3.05, 3.63) is 0 Å². The van der Waals surface area contributed by atoms with E-state index in [-0.39, 0.29) is 0 Å². The van der Waals surface area contributed by atoms with Crippen molar-refractivity contribution in [2.75, 3.05) is 13.2 Å². The molecule has 0 bridgehead atoms. The fourth-order valence-electron chi connectivity index (χ4n) is 1.17. The van der Waals surface area contributed by atoms with E-state index in [4.69, 9.17) is 20.4 Å². The minimum atomic E-state index is -1.80. The number of aliphatic hydroxyl groups is 6. The van der Waals surface area contributed by atoms with Gasteiger partial charge in [0.1, 0.15) is 24.4 Å². The molecule has 0 rings (SSSR count). The fraction of sp³-hybridized carbons (Fsp3) is 0.800. The maximum absolute atomic E-state index is 11.2. The first-order chi connectivity index (χ1) is 8.34. The Morgan fingerprint density at radius 2 is 1.00 bits per heavy atom. The van der Waals surface area contributed by atoms with Gasteiger partial charge in [-0.1, -0.05) is 0 Å². The third kappa shape index (κ3) is 5.17. The van der Waals surface area contributed by atoms with Crippen LogP contribution >= 0.6 is 0 Å². The molecular weight excluding hydrogens is 248 g/mol. The summed E-state index contributed by atoms with van der Waals surface area (Å²) in [5.41, 5.74) is 0. The molecule has 0 amide bonds. The van der Waals surface area contributed by atoms with Crippen molar-refractivity contribution in [3.63, 3.8) is 0 Å². The Balaban J connectivity index is 4.17. The summed E-state index contributed by atoms with van der Waals surface area (Å²) in [5, 5.41) is 53.3. The number of hydrogen-bond acceptors (Lipinski definition) is 8. The Morgan fingerprint density at radius 1 is 0.722 bits per heavy atom. The molecule has 8 nitrogen and oxygen atoms in total. The highest BCUT2D eigenvalue weighted by Gasteiger charge is 2.27. The third-order valence-electron chi connectivity index (χ3n) is 2.38. The Kier molecular flexibility index (Phi) is 7.83. The van der Waals surface area contributed by atoms with Crippen LogP contribution in [0.5, 0.6) is 0 Å². The van der Waals surface area contributed by atoms with Gasteiger partial charge in [-0.05, 0) is 0 Å². The van der Waals surface area contributed by atoms with Crippen molar-refractivity contribution < 1.29 is 40.2 Å². The minimum Gasteiger partial charge on any atom is -0.394 e. The van der Waals surface area contributed by atoms with E-state index >= 15 is 0 Å². The van der Waals surface area contributed by atoms with E-state index in [2.05, 4.69) is 0 Å².